The second-order valence-corrected chi connectivity index (χ2v) is 4.27. The minimum absolute atomic E-state index is 0.0344. The van der Waals surface area contributed by atoms with Crippen LogP contribution in [0.4, 0.5) is 0 Å². The fourth-order valence-electron chi connectivity index (χ4n) is 1.54. The van der Waals surface area contributed by atoms with Gasteiger partial charge >= 0.3 is 0 Å². The van der Waals surface area contributed by atoms with Crippen LogP contribution in [0.5, 0.6) is 0 Å². The Labute approximate surface area is 103 Å². The SMILES string of the molecule is COCc1cccc(CNC(=O)CN(C)C)c1. The molecule has 1 aromatic carbocycles. The standard InChI is InChI=1S/C13H20N2O2/c1-15(2)9-13(16)14-8-11-5-4-6-12(7-11)10-17-3/h4-7H,8-10H2,1-3H3,(H,14,16). The van der Waals surface area contributed by atoms with E-state index in [1.165, 1.54) is 0 Å². The van der Waals surface area contributed by atoms with Crippen LogP contribution < -0.4 is 5.32 Å². The maximum Gasteiger partial charge on any atom is 0.234 e. The highest BCUT2D eigenvalue weighted by molar-refractivity contribution is 5.77. The van der Waals surface area contributed by atoms with E-state index in [2.05, 4.69) is 5.32 Å². The monoisotopic (exact) mass is 236 g/mol. The molecule has 0 aromatic heterocycles. The van der Waals surface area contributed by atoms with Gasteiger partial charge in [0.25, 0.3) is 0 Å². The maximum atomic E-state index is 11.5. The molecule has 0 atom stereocenters. The Kier molecular flexibility index (Phi) is 5.66. The summed E-state index contributed by atoms with van der Waals surface area (Å²) in [4.78, 5) is 13.3. The highest BCUT2D eigenvalue weighted by Crippen LogP contribution is 2.06. The van der Waals surface area contributed by atoms with Gasteiger partial charge in [0.15, 0.2) is 0 Å². The minimum Gasteiger partial charge on any atom is -0.380 e. The third kappa shape index (κ3) is 5.47. The number of nitrogens with one attached hydrogen (secondary N) is 1. The summed E-state index contributed by atoms with van der Waals surface area (Å²) >= 11 is 0. The van der Waals surface area contributed by atoms with E-state index in [9.17, 15) is 4.79 Å². The third-order valence-corrected chi connectivity index (χ3v) is 2.25. The molecule has 1 rings (SSSR count). The van der Waals surface area contributed by atoms with Gasteiger partial charge in [0.1, 0.15) is 0 Å². The summed E-state index contributed by atoms with van der Waals surface area (Å²) < 4.78 is 5.07. The van der Waals surface area contributed by atoms with Gasteiger partial charge in [0.2, 0.25) is 5.91 Å². The summed E-state index contributed by atoms with van der Waals surface area (Å²) in [5.74, 6) is 0.0344. The molecular weight excluding hydrogens is 216 g/mol. The second-order valence-electron chi connectivity index (χ2n) is 4.27. The molecule has 0 aliphatic rings. The van der Waals surface area contributed by atoms with E-state index in [1.54, 1.807) is 7.11 Å². The first-order valence-electron chi connectivity index (χ1n) is 5.60. The van der Waals surface area contributed by atoms with Gasteiger partial charge < -0.3 is 15.0 Å². The Morgan fingerprint density at radius 2 is 2.06 bits per heavy atom. The molecule has 1 amide bonds. The lowest BCUT2D eigenvalue weighted by Crippen LogP contribution is -2.32. The number of carbonyl (C=O) groups is 1. The average molecular weight is 236 g/mol. The van der Waals surface area contributed by atoms with Crippen LogP contribution in [0.1, 0.15) is 11.1 Å². The van der Waals surface area contributed by atoms with Crippen LogP contribution in [-0.4, -0.2) is 38.6 Å². The number of ether oxygens (including phenoxy) is 1. The number of nitrogens with zero attached hydrogens (tertiary/aromatic N) is 1. The molecule has 1 N–H and O–H groups in total. The largest absolute Gasteiger partial charge is 0.380 e. The predicted molar refractivity (Wildman–Crippen MR) is 67.6 cm³/mol. The zero-order valence-corrected chi connectivity index (χ0v) is 10.7. The molecule has 17 heavy (non-hydrogen) atoms. The van der Waals surface area contributed by atoms with Crippen molar-refractivity contribution < 1.29 is 9.53 Å². The molecule has 4 heteroatoms. The van der Waals surface area contributed by atoms with Crippen LogP contribution in [0, 0.1) is 0 Å². The highest BCUT2D eigenvalue weighted by atomic mass is 16.5. The molecule has 4 nitrogen and oxygen atoms in total. The number of methoxy groups -OCH3 is 1. The first-order valence-corrected chi connectivity index (χ1v) is 5.60. The van der Waals surface area contributed by atoms with Gasteiger partial charge in [-0.05, 0) is 25.2 Å². The van der Waals surface area contributed by atoms with Crippen molar-refractivity contribution >= 4 is 5.91 Å². The Balaban J connectivity index is 2.45. The molecule has 94 valence electrons. The zero-order chi connectivity index (χ0) is 12.7. The number of amides is 1. The van der Waals surface area contributed by atoms with Gasteiger partial charge in [-0.2, -0.15) is 0 Å². The number of hydrogen-bond acceptors (Lipinski definition) is 3. The van der Waals surface area contributed by atoms with Crippen molar-refractivity contribution in [3.8, 4) is 0 Å². The van der Waals surface area contributed by atoms with E-state index in [4.69, 9.17) is 4.74 Å². The van der Waals surface area contributed by atoms with Crippen molar-refractivity contribution in [1.82, 2.24) is 10.2 Å². The normalized spacial score (nSPS) is 10.6. The van der Waals surface area contributed by atoms with E-state index in [1.807, 2.05) is 43.3 Å². The number of likely N-dealkylation sites (N-methyl/N-ethyl adjacent to an activating group) is 1. The number of rotatable bonds is 6. The zero-order valence-electron chi connectivity index (χ0n) is 10.7. The number of carbonyl (C=O) groups excluding carboxylic acids is 1. The van der Waals surface area contributed by atoms with Crippen LogP contribution in [0.2, 0.25) is 0 Å². The highest BCUT2D eigenvalue weighted by Gasteiger charge is 2.02. The van der Waals surface area contributed by atoms with E-state index in [0.717, 1.165) is 11.1 Å². The van der Waals surface area contributed by atoms with Gasteiger partial charge in [-0.3, -0.25) is 4.79 Å². The Morgan fingerprint density at radius 3 is 2.71 bits per heavy atom. The van der Waals surface area contributed by atoms with Gasteiger partial charge in [-0.1, -0.05) is 24.3 Å². The molecule has 0 fully saturated rings. The van der Waals surface area contributed by atoms with E-state index in [0.29, 0.717) is 19.7 Å². The third-order valence-electron chi connectivity index (χ3n) is 2.25. The molecular formula is C13H20N2O2. The lowest BCUT2D eigenvalue weighted by Gasteiger charge is -2.10. The summed E-state index contributed by atoms with van der Waals surface area (Å²) in [6.07, 6.45) is 0. The van der Waals surface area contributed by atoms with E-state index < -0.39 is 0 Å². The lowest BCUT2D eigenvalue weighted by atomic mass is 10.1. The summed E-state index contributed by atoms with van der Waals surface area (Å²) in [6.45, 7) is 1.57. The molecule has 1 aromatic rings. The van der Waals surface area contributed by atoms with Crippen molar-refractivity contribution in [2.75, 3.05) is 27.7 Å². The topological polar surface area (TPSA) is 41.6 Å². The van der Waals surface area contributed by atoms with Crippen LogP contribution in [-0.2, 0) is 22.7 Å². The quantitative estimate of drug-likeness (QED) is 0.801. The summed E-state index contributed by atoms with van der Waals surface area (Å²) in [7, 11) is 5.42. The summed E-state index contributed by atoms with van der Waals surface area (Å²) in [5, 5.41) is 2.88. The predicted octanol–water partition coefficient (Wildman–Crippen LogP) is 1.01. The summed E-state index contributed by atoms with van der Waals surface area (Å²) in [6, 6.07) is 8.02. The first kappa shape index (κ1) is 13.7. The van der Waals surface area contributed by atoms with Crippen LogP contribution in [0.3, 0.4) is 0 Å². The van der Waals surface area contributed by atoms with Crippen LogP contribution >= 0.6 is 0 Å². The Hall–Kier alpha value is -1.39. The van der Waals surface area contributed by atoms with E-state index >= 15 is 0 Å². The van der Waals surface area contributed by atoms with Crippen molar-refractivity contribution in [3.05, 3.63) is 35.4 Å². The molecule has 0 saturated heterocycles. The van der Waals surface area contributed by atoms with Crippen molar-refractivity contribution in [3.63, 3.8) is 0 Å². The van der Waals surface area contributed by atoms with Gasteiger partial charge in [-0.15, -0.1) is 0 Å². The molecule has 0 heterocycles. The van der Waals surface area contributed by atoms with Gasteiger partial charge in [-0.25, -0.2) is 0 Å². The molecule has 0 radical (unpaired) electrons. The smallest absolute Gasteiger partial charge is 0.234 e. The van der Waals surface area contributed by atoms with Crippen LogP contribution in [0.15, 0.2) is 24.3 Å². The maximum absolute atomic E-state index is 11.5. The van der Waals surface area contributed by atoms with Gasteiger partial charge in [0, 0.05) is 13.7 Å². The fourth-order valence-corrected chi connectivity index (χ4v) is 1.54. The molecule has 0 spiro atoms. The average Bonchev–Trinajstić information content (AvgIpc) is 2.26. The summed E-state index contributed by atoms with van der Waals surface area (Å²) in [5.41, 5.74) is 2.21. The number of benzene rings is 1. The molecule has 0 aliphatic carbocycles. The fraction of sp³-hybridized carbons (Fsp3) is 0.462. The van der Waals surface area contributed by atoms with Crippen molar-refractivity contribution in [1.29, 1.82) is 0 Å². The first-order chi connectivity index (χ1) is 8.11. The Morgan fingerprint density at radius 1 is 1.35 bits per heavy atom. The van der Waals surface area contributed by atoms with Crippen molar-refractivity contribution in [2.24, 2.45) is 0 Å². The minimum atomic E-state index is 0.0344. The van der Waals surface area contributed by atoms with E-state index in [-0.39, 0.29) is 5.91 Å². The van der Waals surface area contributed by atoms with Gasteiger partial charge in [0.05, 0.1) is 13.2 Å². The van der Waals surface area contributed by atoms with Crippen LogP contribution in [0.25, 0.3) is 0 Å². The Bertz CT molecular complexity index is 364. The molecule has 0 bridgehead atoms. The lowest BCUT2D eigenvalue weighted by molar-refractivity contribution is -0.121. The molecule has 0 unspecified atom stereocenters. The molecule has 0 saturated carbocycles. The molecule has 0 aliphatic heterocycles. The van der Waals surface area contributed by atoms with Crippen molar-refractivity contribution in [2.45, 2.75) is 13.2 Å². The second kappa shape index (κ2) is 7.04. The number of hydrogen-bond donors (Lipinski definition) is 1.